The maximum atomic E-state index is 12.4. The molecule has 0 spiro atoms. The second-order valence-electron chi connectivity index (χ2n) is 5.41. The largest absolute Gasteiger partial charge is 0.379 e. The molecular formula is C17H19ClN2O2S. The third-order valence-corrected chi connectivity index (χ3v) is 5.02. The predicted octanol–water partition coefficient (Wildman–Crippen LogP) is 3.20. The molecule has 1 amide bonds. The van der Waals surface area contributed by atoms with Crippen molar-refractivity contribution in [1.82, 2.24) is 10.2 Å². The van der Waals surface area contributed by atoms with Crippen LogP contribution in [-0.2, 0) is 4.74 Å². The maximum absolute atomic E-state index is 12.4. The van der Waals surface area contributed by atoms with Crippen molar-refractivity contribution >= 4 is 28.8 Å². The van der Waals surface area contributed by atoms with Crippen LogP contribution in [0.15, 0.2) is 41.1 Å². The van der Waals surface area contributed by atoms with Gasteiger partial charge in [-0.2, -0.15) is 11.3 Å². The maximum Gasteiger partial charge on any atom is 0.252 e. The molecule has 6 heteroatoms. The fourth-order valence-corrected chi connectivity index (χ4v) is 3.67. The second-order valence-corrected chi connectivity index (χ2v) is 6.60. The van der Waals surface area contributed by atoms with Crippen LogP contribution < -0.4 is 5.32 Å². The van der Waals surface area contributed by atoms with Crippen LogP contribution in [0.25, 0.3) is 0 Å². The number of hydrogen-bond acceptors (Lipinski definition) is 4. The van der Waals surface area contributed by atoms with Gasteiger partial charge in [0.25, 0.3) is 5.91 Å². The van der Waals surface area contributed by atoms with E-state index in [2.05, 4.69) is 27.0 Å². The normalized spacial score (nSPS) is 16.9. The monoisotopic (exact) mass is 350 g/mol. The number of nitrogens with one attached hydrogen (secondary N) is 1. The molecule has 4 nitrogen and oxygen atoms in total. The molecule has 1 saturated heterocycles. The number of thiophene rings is 1. The minimum Gasteiger partial charge on any atom is -0.379 e. The Balaban J connectivity index is 1.69. The van der Waals surface area contributed by atoms with Gasteiger partial charge in [-0.25, -0.2) is 0 Å². The highest BCUT2D eigenvalue weighted by atomic mass is 35.5. The molecule has 2 heterocycles. The second kappa shape index (κ2) is 7.93. The molecule has 1 aliphatic rings. The highest BCUT2D eigenvalue weighted by Crippen LogP contribution is 2.24. The zero-order chi connectivity index (χ0) is 16.1. The third kappa shape index (κ3) is 4.12. The van der Waals surface area contributed by atoms with E-state index in [0.717, 1.165) is 26.3 Å². The molecule has 0 bridgehead atoms. The van der Waals surface area contributed by atoms with E-state index >= 15 is 0 Å². The number of hydrogen-bond donors (Lipinski definition) is 1. The van der Waals surface area contributed by atoms with Crippen molar-refractivity contribution in [1.29, 1.82) is 0 Å². The SMILES string of the molecule is O=C(NCC(c1ccsc1)N1CCOCC1)c1ccccc1Cl. The minimum absolute atomic E-state index is 0.135. The average molecular weight is 351 g/mol. The number of ether oxygens (including phenoxy) is 1. The fourth-order valence-electron chi connectivity index (χ4n) is 2.74. The average Bonchev–Trinajstić information content (AvgIpc) is 3.10. The van der Waals surface area contributed by atoms with Crippen molar-refractivity contribution in [3.63, 3.8) is 0 Å². The van der Waals surface area contributed by atoms with Gasteiger partial charge in [-0.05, 0) is 34.5 Å². The number of carbonyl (C=O) groups is 1. The van der Waals surface area contributed by atoms with E-state index in [4.69, 9.17) is 16.3 Å². The number of benzene rings is 1. The zero-order valence-electron chi connectivity index (χ0n) is 12.7. The molecule has 0 aliphatic carbocycles. The van der Waals surface area contributed by atoms with Gasteiger partial charge in [-0.1, -0.05) is 23.7 Å². The zero-order valence-corrected chi connectivity index (χ0v) is 14.3. The molecule has 23 heavy (non-hydrogen) atoms. The van der Waals surface area contributed by atoms with E-state index in [-0.39, 0.29) is 11.9 Å². The molecule has 1 N–H and O–H groups in total. The molecule has 1 aromatic heterocycles. The minimum atomic E-state index is -0.135. The highest BCUT2D eigenvalue weighted by Gasteiger charge is 2.23. The summed E-state index contributed by atoms with van der Waals surface area (Å²) < 4.78 is 5.43. The predicted molar refractivity (Wildman–Crippen MR) is 93.2 cm³/mol. The van der Waals surface area contributed by atoms with Crippen molar-refractivity contribution in [2.75, 3.05) is 32.8 Å². The van der Waals surface area contributed by atoms with E-state index in [1.807, 2.05) is 12.1 Å². The van der Waals surface area contributed by atoms with Crippen LogP contribution in [0.2, 0.25) is 5.02 Å². The molecule has 1 fully saturated rings. The molecule has 2 aromatic rings. The Morgan fingerprint density at radius 3 is 2.78 bits per heavy atom. The van der Waals surface area contributed by atoms with Crippen molar-refractivity contribution < 1.29 is 9.53 Å². The van der Waals surface area contributed by atoms with Gasteiger partial charge >= 0.3 is 0 Å². The van der Waals surface area contributed by atoms with Crippen molar-refractivity contribution in [3.8, 4) is 0 Å². The summed E-state index contributed by atoms with van der Waals surface area (Å²) in [5, 5.41) is 7.71. The van der Waals surface area contributed by atoms with Crippen LogP contribution >= 0.6 is 22.9 Å². The molecule has 0 saturated carbocycles. The Bertz CT molecular complexity index is 642. The molecule has 1 aromatic carbocycles. The number of nitrogens with zero attached hydrogens (tertiary/aromatic N) is 1. The summed E-state index contributed by atoms with van der Waals surface area (Å²) in [5.74, 6) is -0.135. The Hall–Kier alpha value is -1.40. The first-order chi connectivity index (χ1) is 11.3. The van der Waals surface area contributed by atoms with Crippen molar-refractivity contribution in [2.45, 2.75) is 6.04 Å². The fraction of sp³-hybridized carbons (Fsp3) is 0.353. The third-order valence-electron chi connectivity index (χ3n) is 3.99. The lowest BCUT2D eigenvalue weighted by Gasteiger charge is -2.34. The van der Waals surface area contributed by atoms with Gasteiger partial charge in [-0.15, -0.1) is 0 Å². The summed E-state index contributed by atoms with van der Waals surface area (Å²) in [6.45, 7) is 3.78. The van der Waals surface area contributed by atoms with E-state index in [1.165, 1.54) is 5.56 Å². The van der Waals surface area contributed by atoms with Crippen molar-refractivity contribution in [2.24, 2.45) is 0 Å². The summed E-state index contributed by atoms with van der Waals surface area (Å²) in [7, 11) is 0. The van der Waals surface area contributed by atoms with Crippen LogP contribution in [0.3, 0.4) is 0 Å². The molecule has 1 unspecified atom stereocenters. The molecule has 1 atom stereocenters. The van der Waals surface area contributed by atoms with Gasteiger partial charge in [0.15, 0.2) is 0 Å². The van der Waals surface area contributed by atoms with Crippen molar-refractivity contribution in [3.05, 3.63) is 57.2 Å². The Labute approximate surface area is 145 Å². The number of carbonyl (C=O) groups excluding carboxylic acids is 1. The van der Waals surface area contributed by atoms with Crippen LogP contribution in [0, 0.1) is 0 Å². The summed E-state index contributed by atoms with van der Waals surface area (Å²) >= 11 is 7.77. The number of morpholine rings is 1. The van der Waals surface area contributed by atoms with Crippen LogP contribution in [0.4, 0.5) is 0 Å². The standard InChI is InChI=1S/C17H19ClN2O2S/c18-15-4-2-1-3-14(15)17(21)19-11-16(13-5-10-23-12-13)20-6-8-22-9-7-20/h1-5,10,12,16H,6-9,11H2,(H,19,21). The smallest absolute Gasteiger partial charge is 0.252 e. The first kappa shape index (κ1) is 16.5. The Morgan fingerprint density at radius 2 is 2.09 bits per heavy atom. The van der Waals surface area contributed by atoms with Gasteiger partial charge < -0.3 is 10.1 Å². The molecule has 1 aliphatic heterocycles. The molecule has 122 valence electrons. The first-order valence-corrected chi connectivity index (χ1v) is 8.94. The summed E-state index contributed by atoms with van der Waals surface area (Å²) in [6, 6.07) is 9.39. The summed E-state index contributed by atoms with van der Waals surface area (Å²) in [5.41, 5.74) is 1.75. The Kier molecular flexibility index (Phi) is 5.67. The van der Waals surface area contributed by atoms with Crippen LogP contribution in [0.1, 0.15) is 22.0 Å². The quantitative estimate of drug-likeness (QED) is 0.900. The molecular weight excluding hydrogens is 332 g/mol. The summed E-state index contributed by atoms with van der Waals surface area (Å²) in [4.78, 5) is 14.7. The lowest BCUT2D eigenvalue weighted by Crippen LogP contribution is -2.43. The molecule has 0 radical (unpaired) electrons. The van der Waals surface area contributed by atoms with E-state index in [9.17, 15) is 4.79 Å². The van der Waals surface area contributed by atoms with E-state index < -0.39 is 0 Å². The van der Waals surface area contributed by atoms with E-state index in [0.29, 0.717) is 17.1 Å². The molecule has 3 rings (SSSR count). The number of halogens is 1. The van der Waals surface area contributed by atoms with Crippen LogP contribution in [0.5, 0.6) is 0 Å². The van der Waals surface area contributed by atoms with Crippen LogP contribution in [-0.4, -0.2) is 43.7 Å². The summed E-state index contributed by atoms with van der Waals surface area (Å²) in [6.07, 6.45) is 0. The first-order valence-electron chi connectivity index (χ1n) is 7.62. The number of amides is 1. The van der Waals surface area contributed by atoms with Gasteiger partial charge in [0, 0.05) is 19.6 Å². The topological polar surface area (TPSA) is 41.6 Å². The van der Waals surface area contributed by atoms with Gasteiger partial charge in [0.05, 0.1) is 29.8 Å². The lowest BCUT2D eigenvalue weighted by atomic mass is 10.1. The van der Waals surface area contributed by atoms with Gasteiger partial charge in [-0.3, -0.25) is 9.69 Å². The Morgan fingerprint density at radius 1 is 1.30 bits per heavy atom. The van der Waals surface area contributed by atoms with Gasteiger partial charge in [0.1, 0.15) is 0 Å². The highest BCUT2D eigenvalue weighted by molar-refractivity contribution is 7.07. The number of rotatable bonds is 5. The lowest BCUT2D eigenvalue weighted by molar-refractivity contribution is 0.0163. The van der Waals surface area contributed by atoms with Gasteiger partial charge in [0.2, 0.25) is 0 Å². The van der Waals surface area contributed by atoms with E-state index in [1.54, 1.807) is 23.5 Å².